The van der Waals surface area contributed by atoms with Gasteiger partial charge in [0.2, 0.25) is 5.88 Å². The normalized spacial score (nSPS) is 10.5. The van der Waals surface area contributed by atoms with Gasteiger partial charge in [0.05, 0.1) is 18.8 Å². The first kappa shape index (κ1) is 16.0. The average Bonchev–Trinajstić information content (AvgIpc) is 2.55. The first-order valence-corrected chi connectivity index (χ1v) is 7.16. The maximum Gasteiger partial charge on any atom is 0.242 e. The highest BCUT2D eigenvalue weighted by molar-refractivity contribution is 5.66. The van der Waals surface area contributed by atoms with Crippen LogP contribution in [0.25, 0.3) is 0 Å². The van der Waals surface area contributed by atoms with E-state index in [0.29, 0.717) is 43.0 Å². The molecule has 0 atom stereocenters. The molecule has 7 nitrogen and oxygen atoms in total. The zero-order chi connectivity index (χ0) is 15.8. The van der Waals surface area contributed by atoms with Gasteiger partial charge >= 0.3 is 0 Å². The molecule has 0 radical (unpaired) electrons. The number of hydrogen-bond donors (Lipinski definition) is 2. The number of hydrogen-bond acceptors (Lipinski definition) is 7. The molecule has 0 aliphatic carbocycles. The van der Waals surface area contributed by atoms with Gasteiger partial charge < -0.3 is 20.5 Å². The van der Waals surface area contributed by atoms with Crippen molar-refractivity contribution in [1.82, 2.24) is 15.0 Å². The van der Waals surface area contributed by atoms with Crippen LogP contribution in [0.4, 0.5) is 11.5 Å². The molecule has 22 heavy (non-hydrogen) atoms. The Morgan fingerprint density at radius 2 is 2.14 bits per heavy atom. The number of nitrogen functional groups attached to an aromatic ring is 1. The number of ether oxygens (including phenoxy) is 2. The molecule has 2 aromatic heterocycles. The van der Waals surface area contributed by atoms with Crippen molar-refractivity contribution in [2.75, 3.05) is 24.8 Å². The number of anilines is 2. The fourth-order valence-electron chi connectivity index (χ4n) is 1.81. The zero-order valence-electron chi connectivity index (χ0n) is 12.9. The molecule has 2 aromatic rings. The lowest BCUT2D eigenvalue weighted by atomic mass is 10.3. The van der Waals surface area contributed by atoms with Crippen molar-refractivity contribution >= 4 is 11.5 Å². The molecular formula is C15H21N5O2. The van der Waals surface area contributed by atoms with E-state index in [1.165, 1.54) is 0 Å². The topological polar surface area (TPSA) is 95.2 Å². The van der Waals surface area contributed by atoms with Crippen molar-refractivity contribution in [3.8, 4) is 5.88 Å². The number of methoxy groups -OCH3 is 1. The molecule has 0 saturated carbocycles. The molecular weight excluding hydrogens is 282 g/mol. The van der Waals surface area contributed by atoms with Gasteiger partial charge in [-0.05, 0) is 18.6 Å². The Kier molecular flexibility index (Phi) is 5.91. The summed E-state index contributed by atoms with van der Waals surface area (Å²) in [5.74, 6) is 1.43. The van der Waals surface area contributed by atoms with Crippen LogP contribution in [0, 0.1) is 0 Å². The minimum atomic E-state index is 0.293. The SMILES string of the molecule is CCCOc1nc(COC)nc(NCc2ccccn2)c1N. The molecule has 0 unspecified atom stereocenters. The molecule has 3 N–H and O–H groups in total. The van der Waals surface area contributed by atoms with Gasteiger partial charge in [-0.2, -0.15) is 4.98 Å². The molecule has 0 spiro atoms. The average molecular weight is 303 g/mol. The van der Waals surface area contributed by atoms with Gasteiger partial charge in [-0.25, -0.2) is 4.98 Å². The van der Waals surface area contributed by atoms with E-state index in [1.807, 2.05) is 25.1 Å². The highest BCUT2D eigenvalue weighted by Gasteiger charge is 2.13. The summed E-state index contributed by atoms with van der Waals surface area (Å²) in [4.78, 5) is 12.9. The summed E-state index contributed by atoms with van der Waals surface area (Å²) in [5, 5.41) is 3.17. The first-order chi connectivity index (χ1) is 10.7. The van der Waals surface area contributed by atoms with Gasteiger partial charge in [-0.15, -0.1) is 0 Å². The Hall–Kier alpha value is -2.41. The first-order valence-electron chi connectivity index (χ1n) is 7.16. The van der Waals surface area contributed by atoms with E-state index in [1.54, 1.807) is 13.3 Å². The summed E-state index contributed by atoms with van der Waals surface area (Å²) in [6, 6.07) is 5.73. The van der Waals surface area contributed by atoms with Crippen molar-refractivity contribution in [2.24, 2.45) is 0 Å². The smallest absolute Gasteiger partial charge is 0.242 e. The molecule has 0 amide bonds. The van der Waals surface area contributed by atoms with E-state index >= 15 is 0 Å². The van der Waals surface area contributed by atoms with Gasteiger partial charge in [0.15, 0.2) is 11.6 Å². The molecule has 118 valence electrons. The summed E-state index contributed by atoms with van der Waals surface area (Å²) < 4.78 is 10.7. The molecule has 7 heteroatoms. The molecule has 0 fully saturated rings. The van der Waals surface area contributed by atoms with Crippen LogP contribution in [0.1, 0.15) is 24.9 Å². The Labute approximate surface area is 129 Å². The second kappa shape index (κ2) is 8.14. The van der Waals surface area contributed by atoms with E-state index in [9.17, 15) is 0 Å². The predicted molar refractivity (Wildman–Crippen MR) is 84.5 cm³/mol. The minimum Gasteiger partial charge on any atom is -0.476 e. The van der Waals surface area contributed by atoms with Crippen molar-refractivity contribution in [3.63, 3.8) is 0 Å². The van der Waals surface area contributed by atoms with Crippen LogP contribution in [0.3, 0.4) is 0 Å². The standard InChI is InChI=1S/C15H21N5O2/c1-3-8-22-15-13(16)14(19-12(20-15)10-21-2)18-9-11-6-4-5-7-17-11/h4-7H,3,8-10,16H2,1-2H3,(H,18,19,20). The maximum atomic E-state index is 6.08. The van der Waals surface area contributed by atoms with Crippen molar-refractivity contribution in [3.05, 3.63) is 35.9 Å². The van der Waals surface area contributed by atoms with Crippen LogP contribution in [0.5, 0.6) is 5.88 Å². The second-order valence-corrected chi connectivity index (χ2v) is 4.66. The molecule has 0 aliphatic rings. The Balaban J connectivity index is 2.18. The number of nitrogens with two attached hydrogens (primary N) is 1. The Morgan fingerprint density at radius 3 is 2.82 bits per heavy atom. The van der Waals surface area contributed by atoms with E-state index in [4.69, 9.17) is 15.2 Å². The number of nitrogens with zero attached hydrogens (tertiary/aromatic N) is 3. The molecule has 2 heterocycles. The second-order valence-electron chi connectivity index (χ2n) is 4.66. The quantitative estimate of drug-likeness (QED) is 0.770. The summed E-state index contributed by atoms with van der Waals surface area (Å²) in [5.41, 5.74) is 7.37. The van der Waals surface area contributed by atoms with Crippen molar-refractivity contribution in [2.45, 2.75) is 26.5 Å². The fraction of sp³-hybridized carbons (Fsp3) is 0.400. The zero-order valence-corrected chi connectivity index (χ0v) is 12.9. The fourth-order valence-corrected chi connectivity index (χ4v) is 1.81. The summed E-state index contributed by atoms with van der Waals surface area (Å²) >= 11 is 0. The van der Waals surface area contributed by atoms with E-state index in [2.05, 4.69) is 20.3 Å². The van der Waals surface area contributed by atoms with Crippen LogP contribution < -0.4 is 15.8 Å². The Morgan fingerprint density at radius 1 is 1.27 bits per heavy atom. The molecule has 0 aromatic carbocycles. The summed E-state index contributed by atoms with van der Waals surface area (Å²) in [6.45, 7) is 3.38. The summed E-state index contributed by atoms with van der Waals surface area (Å²) in [7, 11) is 1.59. The lowest BCUT2D eigenvalue weighted by Gasteiger charge is -2.13. The van der Waals surface area contributed by atoms with Crippen LogP contribution in [-0.4, -0.2) is 28.7 Å². The van der Waals surface area contributed by atoms with Gasteiger partial charge in [-0.3, -0.25) is 4.98 Å². The molecule has 0 saturated heterocycles. The molecule has 0 bridgehead atoms. The van der Waals surface area contributed by atoms with Crippen molar-refractivity contribution < 1.29 is 9.47 Å². The van der Waals surface area contributed by atoms with Crippen molar-refractivity contribution in [1.29, 1.82) is 0 Å². The molecule has 0 aliphatic heterocycles. The van der Waals surface area contributed by atoms with Gasteiger partial charge in [-0.1, -0.05) is 13.0 Å². The maximum absolute atomic E-state index is 6.08. The van der Waals surface area contributed by atoms with Crippen LogP contribution in [0.2, 0.25) is 0 Å². The van der Waals surface area contributed by atoms with Crippen LogP contribution >= 0.6 is 0 Å². The minimum absolute atomic E-state index is 0.293. The van der Waals surface area contributed by atoms with Gasteiger partial charge in [0.1, 0.15) is 12.3 Å². The monoisotopic (exact) mass is 303 g/mol. The third kappa shape index (κ3) is 4.29. The summed E-state index contributed by atoms with van der Waals surface area (Å²) in [6.07, 6.45) is 2.62. The highest BCUT2D eigenvalue weighted by Crippen LogP contribution is 2.26. The third-order valence-electron chi connectivity index (χ3n) is 2.84. The number of pyridine rings is 1. The highest BCUT2D eigenvalue weighted by atomic mass is 16.5. The Bertz CT molecular complexity index is 592. The lowest BCUT2D eigenvalue weighted by molar-refractivity contribution is 0.176. The number of rotatable bonds is 8. The van der Waals surface area contributed by atoms with E-state index in [-0.39, 0.29) is 0 Å². The molecule has 2 rings (SSSR count). The van der Waals surface area contributed by atoms with Gasteiger partial charge in [0.25, 0.3) is 0 Å². The number of aromatic nitrogens is 3. The van der Waals surface area contributed by atoms with Gasteiger partial charge in [0, 0.05) is 13.3 Å². The van der Waals surface area contributed by atoms with E-state index in [0.717, 1.165) is 12.1 Å². The number of nitrogens with one attached hydrogen (secondary N) is 1. The third-order valence-corrected chi connectivity index (χ3v) is 2.84. The predicted octanol–water partition coefficient (Wildman–Crippen LogP) is 2.00. The van der Waals surface area contributed by atoms with Crippen LogP contribution in [-0.2, 0) is 17.9 Å². The lowest BCUT2D eigenvalue weighted by Crippen LogP contribution is -2.12. The van der Waals surface area contributed by atoms with E-state index < -0.39 is 0 Å². The van der Waals surface area contributed by atoms with Crippen LogP contribution in [0.15, 0.2) is 24.4 Å². The largest absolute Gasteiger partial charge is 0.476 e.